The summed E-state index contributed by atoms with van der Waals surface area (Å²) in [6.07, 6.45) is 0.926. The van der Waals surface area contributed by atoms with Gasteiger partial charge in [-0.1, -0.05) is 6.07 Å². The van der Waals surface area contributed by atoms with Gasteiger partial charge in [0, 0.05) is 6.42 Å². The number of piperidine rings is 1. The highest BCUT2D eigenvalue weighted by Crippen LogP contribution is 2.36. The van der Waals surface area contributed by atoms with Crippen LogP contribution in [0.3, 0.4) is 0 Å². The van der Waals surface area contributed by atoms with Crippen LogP contribution in [0, 0.1) is 0 Å². The highest BCUT2D eigenvalue weighted by atomic mass is 16.7. The minimum Gasteiger partial charge on any atom is -0.454 e. The van der Waals surface area contributed by atoms with Crippen molar-refractivity contribution >= 4 is 11.8 Å². The number of benzene rings is 1. The van der Waals surface area contributed by atoms with E-state index in [2.05, 4.69) is 5.32 Å². The number of imide groups is 1. The molecular formula is C12H11NO4. The highest BCUT2D eigenvalue weighted by molar-refractivity contribution is 6.00. The lowest BCUT2D eigenvalue weighted by Gasteiger charge is -2.21. The van der Waals surface area contributed by atoms with E-state index in [0.717, 1.165) is 5.56 Å². The number of carbonyl (C=O) groups excluding carboxylic acids is 2. The predicted octanol–water partition coefficient (Wildman–Crippen LogP) is 0.935. The summed E-state index contributed by atoms with van der Waals surface area (Å²) in [4.78, 5) is 22.8. The molecule has 1 saturated heterocycles. The van der Waals surface area contributed by atoms with Gasteiger partial charge in [-0.15, -0.1) is 0 Å². The maximum absolute atomic E-state index is 11.7. The van der Waals surface area contributed by atoms with Crippen LogP contribution >= 0.6 is 0 Å². The van der Waals surface area contributed by atoms with Crippen LogP contribution in [0.5, 0.6) is 11.5 Å². The molecule has 0 spiro atoms. The fraction of sp³-hybridized carbons (Fsp3) is 0.333. The lowest BCUT2D eigenvalue weighted by molar-refractivity contribution is -0.134. The van der Waals surface area contributed by atoms with E-state index in [0.29, 0.717) is 24.3 Å². The zero-order valence-electron chi connectivity index (χ0n) is 9.06. The standard InChI is InChI=1S/C12H11NO4/c14-11-4-2-8(12(15)13-11)7-1-3-9-10(5-7)17-6-16-9/h1,3,5,8H,2,4,6H2,(H,13,14,15). The second-order valence-electron chi connectivity index (χ2n) is 4.12. The van der Waals surface area contributed by atoms with E-state index >= 15 is 0 Å². The summed E-state index contributed by atoms with van der Waals surface area (Å²) in [7, 11) is 0. The van der Waals surface area contributed by atoms with E-state index < -0.39 is 0 Å². The molecule has 3 rings (SSSR count). The van der Waals surface area contributed by atoms with E-state index in [4.69, 9.17) is 9.47 Å². The maximum Gasteiger partial charge on any atom is 0.234 e. The second kappa shape index (κ2) is 3.76. The van der Waals surface area contributed by atoms with Crippen LogP contribution in [0.25, 0.3) is 0 Å². The lowest BCUT2D eigenvalue weighted by atomic mass is 9.90. The Hall–Kier alpha value is -2.04. The first-order valence-corrected chi connectivity index (χ1v) is 5.47. The molecule has 0 aromatic heterocycles. The Bertz CT molecular complexity index is 497. The van der Waals surface area contributed by atoms with Crippen molar-refractivity contribution < 1.29 is 19.1 Å². The smallest absolute Gasteiger partial charge is 0.234 e. The number of hydrogen-bond donors (Lipinski definition) is 1. The molecule has 1 atom stereocenters. The van der Waals surface area contributed by atoms with Gasteiger partial charge in [0.25, 0.3) is 0 Å². The summed E-state index contributed by atoms with van der Waals surface area (Å²) >= 11 is 0. The first-order chi connectivity index (χ1) is 8.24. The number of ether oxygens (including phenoxy) is 2. The van der Waals surface area contributed by atoms with Crippen LogP contribution in [0.2, 0.25) is 0 Å². The van der Waals surface area contributed by atoms with Gasteiger partial charge in [-0.05, 0) is 24.1 Å². The summed E-state index contributed by atoms with van der Waals surface area (Å²) in [5, 5.41) is 2.35. The van der Waals surface area contributed by atoms with Crippen molar-refractivity contribution in [1.29, 1.82) is 0 Å². The third-order valence-corrected chi connectivity index (χ3v) is 3.04. The van der Waals surface area contributed by atoms with Gasteiger partial charge < -0.3 is 9.47 Å². The minimum absolute atomic E-state index is 0.202. The molecule has 2 aliphatic rings. The molecule has 1 N–H and O–H groups in total. The SMILES string of the molecule is O=C1CCC(c2ccc3c(c2)OCO3)C(=O)N1. The zero-order valence-corrected chi connectivity index (χ0v) is 9.06. The van der Waals surface area contributed by atoms with Crippen LogP contribution in [0.15, 0.2) is 18.2 Å². The molecule has 0 radical (unpaired) electrons. The van der Waals surface area contributed by atoms with Crippen molar-refractivity contribution in [1.82, 2.24) is 5.32 Å². The van der Waals surface area contributed by atoms with E-state index in [1.54, 1.807) is 6.07 Å². The quantitative estimate of drug-likeness (QED) is 0.733. The molecule has 1 unspecified atom stereocenters. The molecule has 1 fully saturated rings. The number of amides is 2. The van der Waals surface area contributed by atoms with Crippen molar-refractivity contribution in [2.24, 2.45) is 0 Å². The molecule has 88 valence electrons. The van der Waals surface area contributed by atoms with Crippen LogP contribution in [0.4, 0.5) is 0 Å². The van der Waals surface area contributed by atoms with Crippen LogP contribution in [-0.4, -0.2) is 18.6 Å². The van der Waals surface area contributed by atoms with E-state index in [9.17, 15) is 9.59 Å². The van der Waals surface area contributed by atoms with Gasteiger partial charge in [-0.2, -0.15) is 0 Å². The van der Waals surface area contributed by atoms with Gasteiger partial charge in [0.2, 0.25) is 18.6 Å². The predicted molar refractivity (Wildman–Crippen MR) is 57.7 cm³/mol. The molecule has 5 nitrogen and oxygen atoms in total. The monoisotopic (exact) mass is 233 g/mol. The molecular weight excluding hydrogens is 222 g/mol. The van der Waals surface area contributed by atoms with Crippen LogP contribution < -0.4 is 14.8 Å². The molecule has 1 aromatic rings. The number of rotatable bonds is 1. The molecule has 0 saturated carbocycles. The largest absolute Gasteiger partial charge is 0.454 e. The Balaban J connectivity index is 1.89. The molecule has 2 amide bonds. The van der Waals surface area contributed by atoms with Gasteiger partial charge in [0.1, 0.15) is 0 Å². The average Bonchev–Trinajstić information content (AvgIpc) is 2.75. The van der Waals surface area contributed by atoms with Gasteiger partial charge in [-0.3, -0.25) is 14.9 Å². The molecule has 0 bridgehead atoms. The number of hydrogen-bond acceptors (Lipinski definition) is 4. The summed E-state index contributed by atoms with van der Waals surface area (Å²) < 4.78 is 10.5. The molecule has 2 heterocycles. The normalized spacial score (nSPS) is 22.5. The topological polar surface area (TPSA) is 64.6 Å². The molecule has 5 heteroatoms. The average molecular weight is 233 g/mol. The van der Waals surface area contributed by atoms with Crippen molar-refractivity contribution in [2.45, 2.75) is 18.8 Å². The van der Waals surface area contributed by atoms with Gasteiger partial charge in [0.15, 0.2) is 11.5 Å². The maximum atomic E-state index is 11.7. The van der Waals surface area contributed by atoms with Gasteiger partial charge >= 0.3 is 0 Å². The fourth-order valence-electron chi connectivity index (χ4n) is 2.14. The Kier molecular flexibility index (Phi) is 2.24. The van der Waals surface area contributed by atoms with Crippen LogP contribution in [0.1, 0.15) is 24.3 Å². The fourth-order valence-corrected chi connectivity index (χ4v) is 2.14. The number of fused-ring (bicyclic) bond motifs is 1. The third kappa shape index (κ3) is 1.73. The van der Waals surface area contributed by atoms with Crippen molar-refractivity contribution in [3.8, 4) is 11.5 Å². The summed E-state index contributed by atoms with van der Waals surface area (Å²) in [5.74, 6) is 0.641. The van der Waals surface area contributed by atoms with E-state index in [-0.39, 0.29) is 24.5 Å². The Morgan fingerprint density at radius 1 is 1.18 bits per heavy atom. The first-order valence-electron chi connectivity index (χ1n) is 5.47. The van der Waals surface area contributed by atoms with Gasteiger partial charge in [0.05, 0.1) is 5.92 Å². The van der Waals surface area contributed by atoms with Crippen molar-refractivity contribution in [3.05, 3.63) is 23.8 Å². The number of nitrogens with one attached hydrogen (secondary N) is 1. The Labute approximate surface area is 97.7 Å². The lowest BCUT2D eigenvalue weighted by Crippen LogP contribution is -2.39. The third-order valence-electron chi connectivity index (χ3n) is 3.04. The van der Waals surface area contributed by atoms with Crippen molar-refractivity contribution in [3.63, 3.8) is 0 Å². The second-order valence-corrected chi connectivity index (χ2v) is 4.12. The molecule has 17 heavy (non-hydrogen) atoms. The summed E-state index contributed by atoms with van der Waals surface area (Å²) in [6, 6.07) is 5.44. The van der Waals surface area contributed by atoms with Crippen LogP contribution in [-0.2, 0) is 9.59 Å². The Morgan fingerprint density at radius 2 is 2.00 bits per heavy atom. The number of carbonyl (C=O) groups is 2. The van der Waals surface area contributed by atoms with E-state index in [1.807, 2.05) is 12.1 Å². The first kappa shape index (κ1) is 10.1. The van der Waals surface area contributed by atoms with Crippen molar-refractivity contribution in [2.75, 3.05) is 6.79 Å². The molecule has 1 aromatic carbocycles. The Morgan fingerprint density at radius 3 is 2.82 bits per heavy atom. The zero-order chi connectivity index (χ0) is 11.8. The minimum atomic E-state index is -0.276. The van der Waals surface area contributed by atoms with E-state index in [1.165, 1.54) is 0 Å². The molecule has 0 aliphatic carbocycles. The summed E-state index contributed by atoms with van der Waals surface area (Å²) in [6.45, 7) is 0.216. The highest BCUT2D eigenvalue weighted by Gasteiger charge is 2.29. The molecule has 2 aliphatic heterocycles. The summed E-state index contributed by atoms with van der Waals surface area (Å²) in [5.41, 5.74) is 0.860. The van der Waals surface area contributed by atoms with Gasteiger partial charge in [-0.25, -0.2) is 0 Å².